The fraction of sp³-hybridized carbons (Fsp3) is 0. The smallest absolute Gasteiger partial charge is 0.125 e. The number of nitrogens with one attached hydrogen (secondary N) is 1. The first kappa shape index (κ1) is 8.01. The molecule has 0 aliphatic carbocycles. The lowest BCUT2D eigenvalue weighted by Gasteiger charge is -1.92. The summed E-state index contributed by atoms with van der Waals surface area (Å²) in [6, 6.07) is 2.60. The Morgan fingerprint density at radius 2 is 2.25 bits per heavy atom. The molecule has 1 aromatic carbocycles. The summed E-state index contributed by atoms with van der Waals surface area (Å²) < 4.78 is 13.4. The van der Waals surface area contributed by atoms with Gasteiger partial charge in [-0.2, -0.15) is 5.10 Å². The Kier molecular flexibility index (Phi) is 1.81. The number of benzene rings is 1. The summed E-state index contributed by atoms with van der Waals surface area (Å²) in [5.41, 5.74) is 0.574. The number of halogens is 3. The van der Waals surface area contributed by atoms with E-state index in [1.54, 1.807) is 0 Å². The number of H-pyrrole nitrogens is 1. The monoisotopic (exact) mass is 248 g/mol. The second-order valence-electron chi connectivity index (χ2n) is 2.32. The molecule has 0 radical (unpaired) electrons. The first-order chi connectivity index (χ1) is 5.68. The SMILES string of the molecule is Fc1cc(Cl)c2n[nH]c(Br)c2c1. The van der Waals surface area contributed by atoms with Crippen molar-refractivity contribution in [2.24, 2.45) is 0 Å². The highest BCUT2D eigenvalue weighted by molar-refractivity contribution is 9.10. The fourth-order valence-electron chi connectivity index (χ4n) is 1.01. The Morgan fingerprint density at radius 1 is 1.50 bits per heavy atom. The van der Waals surface area contributed by atoms with Gasteiger partial charge in [0.1, 0.15) is 15.9 Å². The van der Waals surface area contributed by atoms with E-state index in [4.69, 9.17) is 11.6 Å². The Morgan fingerprint density at radius 3 is 3.00 bits per heavy atom. The minimum absolute atomic E-state index is 0.312. The zero-order chi connectivity index (χ0) is 8.72. The van der Waals surface area contributed by atoms with E-state index in [-0.39, 0.29) is 5.82 Å². The van der Waals surface area contributed by atoms with Crippen LogP contribution in [0.5, 0.6) is 0 Å². The molecule has 1 N–H and O–H groups in total. The van der Waals surface area contributed by atoms with Gasteiger partial charge in [-0.25, -0.2) is 4.39 Å². The molecule has 0 saturated carbocycles. The third kappa shape index (κ3) is 1.11. The lowest BCUT2D eigenvalue weighted by atomic mass is 10.2. The van der Waals surface area contributed by atoms with Crippen LogP contribution in [0, 0.1) is 5.82 Å². The Balaban J connectivity index is 2.92. The molecule has 62 valence electrons. The van der Waals surface area contributed by atoms with Gasteiger partial charge >= 0.3 is 0 Å². The standard InChI is InChI=1S/C7H3BrClFN2/c8-7-4-1-3(10)2-5(9)6(4)11-12-7/h1-2H,(H,11,12). The number of hydrogen-bond donors (Lipinski definition) is 1. The highest BCUT2D eigenvalue weighted by atomic mass is 79.9. The maximum absolute atomic E-state index is 12.8. The van der Waals surface area contributed by atoms with Crippen molar-refractivity contribution >= 4 is 38.4 Å². The average Bonchev–Trinajstić information content (AvgIpc) is 2.33. The van der Waals surface area contributed by atoms with Crippen molar-refractivity contribution in [3.63, 3.8) is 0 Å². The molecule has 2 rings (SSSR count). The first-order valence-corrected chi connectivity index (χ1v) is 4.34. The molecule has 1 aromatic heterocycles. The maximum atomic E-state index is 12.8. The molecule has 2 aromatic rings. The van der Waals surface area contributed by atoms with Gasteiger partial charge in [0.15, 0.2) is 0 Å². The van der Waals surface area contributed by atoms with Gasteiger partial charge < -0.3 is 0 Å². The first-order valence-electron chi connectivity index (χ1n) is 3.17. The van der Waals surface area contributed by atoms with E-state index in [0.717, 1.165) is 0 Å². The number of aromatic amines is 1. The number of rotatable bonds is 0. The average molecular weight is 249 g/mol. The summed E-state index contributed by atoms with van der Waals surface area (Å²) >= 11 is 8.92. The van der Waals surface area contributed by atoms with Gasteiger partial charge in [-0.3, -0.25) is 5.10 Å². The molecule has 0 saturated heterocycles. The Bertz CT molecular complexity index is 440. The Labute approximate surface area is 80.8 Å². The maximum Gasteiger partial charge on any atom is 0.125 e. The molecule has 2 nitrogen and oxygen atoms in total. The van der Waals surface area contributed by atoms with Crippen LogP contribution in [0.15, 0.2) is 16.7 Å². The second-order valence-corrected chi connectivity index (χ2v) is 3.52. The van der Waals surface area contributed by atoms with Gasteiger partial charge in [-0.05, 0) is 28.1 Å². The molecule has 0 bridgehead atoms. The molecule has 5 heteroatoms. The zero-order valence-electron chi connectivity index (χ0n) is 5.74. The van der Waals surface area contributed by atoms with E-state index in [1.165, 1.54) is 12.1 Å². The Hall–Kier alpha value is -0.610. The van der Waals surface area contributed by atoms with Gasteiger partial charge in [0.25, 0.3) is 0 Å². The number of nitrogens with zero attached hydrogens (tertiary/aromatic N) is 1. The summed E-state index contributed by atoms with van der Waals surface area (Å²) in [5.74, 6) is -0.366. The molecule has 0 spiro atoms. The quantitative estimate of drug-likeness (QED) is 0.763. The summed E-state index contributed by atoms with van der Waals surface area (Å²) in [6.45, 7) is 0. The van der Waals surface area contributed by atoms with Crippen LogP contribution < -0.4 is 0 Å². The summed E-state index contributed by atoms with van der Waals surface area (Å²) in [5, 5.41) is 7.51. The second kappa shape index (κ2) is 2.71. The predicted octanol–water partition coefficient (Wildman–Crippen LogP) is 3.12. The minimum Gasteiger partial charge on any atom is -0.270 e. The molecular formula is C7H3BrClFN2. The van der Waals surface area contributed by atoms with Crippen LogP contribution in [0.1, 0.15) is 0 Å². The van der Waals surface area contributed by atoms with Crippen LogP contribution in [0.2, 0.25) is 5.02 Å². The van der Waals surface area contributed by atoms with Crippen molar-refractivity contribution in [3.8, 4) is 0 Å². The topological polar surface area (TPSA) is 28.7 Å². The number of fused-ring (bicyclic) bond motifs is 1. The highest BCUT2D eigenvalue weighted by Crippen LogP contribution is 2.27. The number of hydrogen-bond acceptors (Lipinski definition) is 1. The summed E-state index contributed by atoms with van der Waals surface area (Å²) in [7, 11) is 0. The van der Waals surface area contributed by atoms with Gasteiger partial charge in [-0.1, -0.05) is 11.6 Å². The molecular weight excluding hydrogens is 246 g/mol. The third-order valence-electron chi connectivity index (χ3n) is 1.53. The molecule has 0 fully saturated rings. The van der Waals surface area contributed by atoms with E-state index < -0.39 is 0 Å². The van der Waals surface area contributed by atoms with Crippen molar-refractivity contribution in [2.45, 2.75) is 0 Å². The van der Waals surface area contributed by atoms with Crippen LogP contribution in [0.25, 0.3) is 10.9 Å². The largest absolute Gasteiger partial charge is 0.270 e. The van der Waals surface area contributed by atoms with Gasteiger partial charge in [-0.15, -0.1) is 0 Å². The predicted molar refractivity (Wildman–Crippen MR) is 48.8 cm³/mol. The van der Waals surface area contributed by atoms with Gasteiger partial charge in [0, 0.05) is 5.39 Å². The number of aromatic nitrogens is 2. The van der Waals surface area contributed by atoms with Crippen LogP contribution in [0.4, 0.5) is 4.39 Å². The lowest BCUT2D eigenvalue weighted by Crippen LogP contribution is -1.75. The van der Waals surface area contributed by atoms with Crippen molar-refractivity contribution in [2.75, 3.05) is 0 Å². The van der Waals surface area contributed by atoms with Crippen LogP contribution in [0.3, 0.4) is 0 Å². The minimum atomic E-state index is -0.366. The van der Waals surface area contributed by atoms with Crippen molar-refractivity contribution < 1.29 is 4.39 Å². The van der Waals surface area contributed by atoms with Crippen LogP contribution in [-0.4, -0.2) is 10.2 Å². The van der Waals surface area contributed by atoms with Gasteiger partial charge in [0.05, 0.1) is 5.02 Å². The van der Waals surface area contributed by atoms with Gasteiger partial charge in [0.2, 0.25) is 0 Å². The highest BCUT2D eigenvalue weighted by Gasteiger charge is 2.07. The molecule has 0 atom stereocenters. The normalized spacial score (nSPS) is 10.9. The summed E-state index contributed by atoms with van der Waals surface area (Å²) in [4.78, 5) is 0. The van der Waals surface area contributed by atoms with E-state index >= 15 is 0 Å². The van der Waals surface area contributed by atoms with Crippen molar-refractivity contribution in [1.29, 1.82) is 0 Å². The van der Waals surface area contributed by atoms with Crippen LogP contribution >= 0.6 is 27.5 Å². The fourth-order valence-corrected chi connectivity index (χ4v) is 1.65. The van der Waals surface area contributed by atoms with Crippen LogP contribution in [-0.2, 0) is 0 Å². The molecule has 0 aliphatic heterocycles. The van der Waals surface area contributed by atoms with E-state index in [0.29, 0.717) is 20.5 Å². The lowest BCUT2D eigenvalue weighted by molar-refractivity contribution is 0.630. The molecule has 0 aliphatic rings. The van der Waals surface area contributed by atoms with E-state index in [1.807, 2.05) is 0 Å². The molecule has 0 amide bonds. The van der Waals surface area contributed by atoms with Crippen molar-refractivity contribution in [1.82, 2.24) is 10.2 Å². The van der Waals surface area contributed by atoms with E-state index in [9.17, 15) is 4.39 Å². The molecule has 1 heterocycles. The zero-order valence-corrected chi connectivity index (χ0v) is 8.08. The van der Waals surface area contributed by atoms with E-state index in [2.05, 4.69) is 26.1 Å². The third-order valence-corrected chi connectivity index (χ3v) is 2.42. The summed E-state index contributed by atoms with van der Waals surface area (Å²) in [6.07, 6.45) is 0. The molecule has 0 unspecified atom stereocenters. The van der Waals surface area contributed by atoms with Crippen molar-refractivity contribution in [3.05, 3.63) is 27.6 Å². The molecule has 12 heavy (non-hydrogen) atoms.